The first-order chi connectivity index (χ1) is 14.1. The van der Waals surface area contributed by atoms with Gasteiger partial charge in [0.1, 0.15) is 6.10 Å². The van der Waals surface area contributed by atoms with Crippen LogP contribution in [0.15, 0.2) is 42.6 Å². The fourth-order valence-electron chi connectivity index (χ4n) is 4.33. The Morgan fingerprint density at radius 2 is 1.90 bits per heavy atom. The second kappa shape index (κ2) is 7.13. The van der Waals surface area contributed by atoms with Crippen molar-refractivity contribution in [3.63, 3.8) is 0 Å². The third-order valence-electron chi connectivity index (χ3n) is 5.93. The first-order valence-electron chi connectivity index (χ1n) is 9.74. The largest absolute Gasteiger partial charge is 0.492 e. The number of piperidine rings is 1. The van der Waals surface area contributed by atoms with Crippen LogP contribution in [0.1, 0.15) is 23.2 Å². The highest BCUT2D eigenvalue weighted by Gasteiger charge is 2.38. The maximum absolute atomic E-state index is 13.1. The van der Waals surface area contributed by atoms with E-state index in [1.165, 1.54) is 6.07 Å². The van der Waals surface area contributed by atoms with Crippen molar-refractivity contribution < 1.29 is 19.4 Å². The van der Waals surface area contributed by atoms with Gasteiger partial charge in [-0.1, -0.05) is 18.2 Å². The number of carbonyl (C=O) groups is 1. The van der Waals surface area contributed by atoms with Gasteiger partial charge in [-0.2, -0.15) is 0 Å². The molecule has 0 saturated carbocycles. The maximum Gasteiger partial charge on any atom is 0.340 e. The van der Waals surface area contributed by atoms with Gasteiger partial charge >= 0.3 is 5.97 Å². The number of likely N-dealkylation sites (N-methyl/N-ethyl adjacent to an activating group) is 1. The molecule has 1 aromatic carbocycles. The van der Waals surface area contributed by atoms with E-state index in [1.54, 1.807) is 16.8 Å². The van der Waals surface area contributed by atoms with E-state index in [4.69, 9.17) is 9.47 Å². The Morgan fingerprint density at radius 1 is 1.14 bits per heavy atom. The van der Waals surface area contributed by atoms with Gasteiger partial charge < -0.3 is 14.6 Å². The average Bonchev–Trinajstić information content (AvgIpc) is 3.09. The zero-order valence-corrected chi connectivity index (χ0v) is 16.1. The molecule has 3 aromatic rings. The average molecular weight is 394 g/mol. The molecule has 2 bridgehead atoms. The molecule has 8 nitrogen and oxygen atoms in total. The second-order valence-corrected chi connectivity index (χ2v) is 7.69. The Bertz CT molecular complexity index is 1030. The van der Waals surface area contributed by atoms with Gasteiger partial charge in [-0.3, -0.25) is 9.47 Å². The number of hydrogen-bond acceptors (Lipinski definition) is 7. The monoisotopic (exact) mass is 394 g/mol. The van der Waals surface area contributed by atoms with Crippen LogP contribution in [0.4, 0.5) is 0 Å². The van der Waals surface area contributed by atoms with Crippen LogP contribution in [-0.2, 0) is 9.47 Å². The van der Waals surface area contributed by atoms with Gasteiger partial charge in [-0.25, -0.2) is 4.79 Å². The van der Waals surface area contributed by atoms with E-state index in [-0.39, 0.29) is 30.0 Å². The molecule has 4 heterocycles. The molecule has 2 fully saturated rings. The molecule has 0 amide bonds. The summed E-state index contributed by atoms with van der Waals surface area (Å²) >= 11 is 0. The number of aromatic nitrogens is 3. The van der Waals surface area contributed by atoms with Crippen LogP contribution in [0.25, 0.3) is 16.7 Å². The van der Waals surface area contributed by atoms with Crippen LogP contribution >= 0.6 is 0 Å². The minimum Gasteiger partial charge on any atom is -0.492 e. The molecule has 2 saturated heterocycles. The lowest BCUT2D eigenvalue weighted by Crippen LogP contribution is -2.56. The number of morpholine rings is 1. The zero-order valence-electron chi connectivity index (χ0n) is 16.1. The molecule has 0 radical (unpaired) electrons. The molecule has 3 atom stereocenters. The third-order valence-corrected chi connectivity index (χ3v) is 5.93. The smallest absolute Gasteiger partial charge is 0.340 e. The Morgan fingerprint density at radius 3 is 2.62 bits per heavy atom. The minimum absolute atomic E-state index is 0.117. The summed E-state index contributed by atoms with van der Waals surface area (Å²) in [6.07, 6.45) is 3.17. The Labute approximate surface area is 167 Å². The van der Waals surface area contributed by atoms with Crippen LogP contribution in [-0.4, -0.2) is 69.2 Å². The Kier molecular flexibility index (Phi) is 4.44. The summed E-state index contributed by atoms with van der Waals surface area (Å²) in [5.41, 5.74) is 1.32. The normalized spacial score (nSPS) is 24.5. The van der Waals surface area contributed by atoms with Crippen molar-refractivity contribution >= 4 is 16.9 Å². The van der Waals surface area contributed by atoms with Crippen molar-refractivity contribution in [1.82, 2.24) is 19.7 Å². The van der Waals surface area contributed by atoms with Gasteiger partial charge in [0.2, 0.25) is 5.88 Å². The predicted octanol–water partition coefficient (Wildman–Crippen LogP) is 2.14. The number of carbonyl (C=O) groups excluding carboxylic acids is 1. The van der Waals surface area contributed by atoms with E-state index in [0.29, 0.717) is 24.6 Å². The molecule has 1 unspecified atom stereocenters. The minimum atomic E-state index is -0.333. The van der Waals surface area contributed by atoms with E-state index in [1.807, 2.05) is 24.3 Å². The van der Waals surface area contributed by atoms with E-state index < -0.39 is 0 Å². The summed E-state index contributed by atoms with van der Waals surface area (Å²) in [7, 11) is 2.11. The standard InChI is InChI=1S/C21H22N4O4/c1-24-13-8-15(9-14(24)12-28-11-13)29-21(27)17-10-25(18-5-3-2-4-16(17)18)19-6-7-20(26)23-22-19/h2-7,10,13-15H,8-9,11-12H2,1H3,(H,23,26)/t13-,14+,15?. The van der Waals surface area contributed by atoms with Gasteiger partial charge in [-0.05, 0) is 19.2 Å². The predicted molar refractivity (Wildman–Crippen MR) is 105 cm³/mol. The number of para-hydroxylation sites is 1. The lowest BCUT2D eigenvalue weighted by atomic mass is 9.92. The van der Waals surface area contributed by atoms with E-state index in [2.05, 4.69) is 22.1 Å². The molecular weight excluding hydrogens is 372 g/mol. The van der Waals surface area contributed by atoms with Gasteiger partial charge in [0.05, 0.1) is 24.3 Å². The maximum atomic E-state index is 13.1. The molecule has 1 N–H and O–H groups in total. The summed E-state index contributed by atoms with van der Waals surface area (Å²) in [6, 6.07) is 11.3. The molecule has 2 aromatic heterocycles. The fraction of sp³-hybridized carbons (Fsp3) is 0.381. The van der Waals surface area contributed by atoms with Crippen molar-refractivity contribution in [3.8, 4) is 11.7 Å². The van der Waals surface area contributed by atoms with Crippen molar-refractivity contribution in [2.24, 2.45) is 0 Å². The molecular formula is C21H22N4O4. The number of fused-ring (bicyclic) bond motifs is 3. The number of esters is 1. The fourth-order valence-corrected chi connectivity index (χ4v) is 4.33. The Hall–Kier alpha value is -2.97. The SMILES string of the molecule is CN1[C@@H]2COC[C@H]1CC(OC(=O)c1cn(-c3ccc(O)nn3)c3ccccc13)C2. The van der Waals surface area contributed by atoms with Crippen LogP contribution in [0, 0.1) is 0 Å². The number of benzene rings is 1. The number of aromatic hydroxyl groups is 1. The first kappa shape index (κ1) is 18.1. The van der Waals surface area contributed by atoms with E-state index in [9.17, 15) is 9.90 Å². The second-order valence-electron chi connectivity index (χ2n) is 7.69. The van der Waals surface area contributed by atoms with Crippen LogP contribution in [0.3, 0.4) is 0 Å². The highest BCUT2D eigenvalue weighted by Crippen LogP contribution is 2.30. The molecule has 0 spiro atoms. The highest BCUT2D eigenvalue weighted by atomic mass is 16.5. The molecule has 5 rings (SSSR count). The number of nitrogens with zero attached hydrogens (tertiary/aromatic N) is 4. The van der Waals surface area contributed by atoms with Crippen molar-refractivity contribution in [2.45, 2.75) is 31.0 Å². The lowest BCUT2D eigenvalue weighted by Gasteiger charge is -2.46. The van der Waals surface area contributed by atoms with Gasteiger partial charge in [0.25, 0.3) is 0 Å². The van der Waals surface area contributed by atoms with Gasteiger partial charge in [0, 0.05) is 42.6 Å². The Balaban J connectivity index is 1.44. The summed E-state index contributed by atoms with van der Waals surface area (Å²) in [5.74, 6) is 0.0332. The van der Waals surface area contributed by atoms with Crippen LogP contribution in [0.2, 0.25) is 0 Å². The van der Waals surface area contributed by atoms with Crippen LogP contribution < -0.4 is 0 Å². The van der Waals surface area contributed by atoms with Crippen molar-refractivity contribution in [2.75, 3.05) is 20.3 Å². The zero-order chi connectivity index (χ0) is 20.0. The van der Waals surface area contributed by atoms with Gasteiger partial charge in [-0.15, -0.1) is 10.2 Å². The number of rotatable bonds is 3. The molecule has 150 valence electrons. The van der Waals surface area contributed by atoms with E-state index in [0.717, 1.165) is 23.7 Å². The van der Waals surface area contributed by atoms with Crippen LogP contribution in [0.5, 0.6) is 5.88 Å². The summed E-state index contributed by atoms with van der Waals surface area (Å²) < 4.78 is 13.4. The third kappa shape index (κ3) is 3.24. The van der Waals surface area contributed by atoms with Crippen molar-refractivity contribution in [3.05, 3.63) is 48.2 Å². The molecule has 0 aliphatic carbocycles. The molecule has 8 heteroatoms. The van der Waals surface area contributed by atoms with Crippen molar-refractivity contribution in [1.29, 1.82) is 0 Å². The molecule has 2 aliphatic heterocycles. The molecule has 2 aliphatic rings. The van der Waals surface area contributed by atoms with E-state index >= 15 is 0 Å². The molecule has 29 heavy (non-hydrogen) atoms. The number of ether oxygens (including phenoxy) is 2. The van der Waals surface area contributed by atoms with Gasteiger partial charge in [0.15, 0.2) is 5.82 Å². The highest BCUT2D eigenvalue weighted by molar-refractivity contribution is 6.04. The topological polar surface area (TPSA) is 89.7 Å². The quantitative estimate of drug-likeness (QED) is 0.681. The summed E-state index contributed by atoms with van der Waals surface area (Å²) in [5, 5.41) is 17.9. The first-order valence-corrected chi connectivity index (χ1v) is 9.74. The lowest BCUT2D eigenvalue weighted by molar-refractivity contribution is -0.0970. The summed E-state index contributed by atoms with van der Waals surface area (Å²) in [6.45, 7) is 1.36. The number of hydrogen-bond donors (Lipinski definition) is 1. The summed E-state index contributed by atoms with van der Waals surface area (Å²) in [4.78, 5) is 15.4.